The summed E-state index contributed by atoms with van der Waals surface area (Å²) < 4.78 is 38.6. The smallest absolute Gasteiger partial charge is 0.333 e. The van der Waals surface area contributed by atoms with Crippen LogP contribution >= 0.6 is 0 Å². The third kappa shape index (κ3) is 1.87. The Morgan fingerprint density at radius 2 is 2.06 bits per heavy atom. The van der Waals surface area contributed by atoms with Crippen LogP contribution in [0.5, 0.6) is 0 Å². The molecule has 1 aliphatic rings. The molecule has 1 aliphatic carbocycles. The maximum absolute atomic E-state index is 12.4. The van der Waals surface area contributed by atoms with Crippen LogP contribution in [0.3, 0.4) is 0 Å². The Balaban J connectivity index is 2.45. The molecule has 0 bridgehead atoms. The van der Waals surface area contributed by atoms with E-state index in [0.717, 1.165) is 6.20 Å². The lowest BCUT2D eigenvalue weighted by Gasteiger charge is -2.01. The van der Waals surface area contributed by atoms with Crippen LogP contribution in [0.25, 0.3) is 5.57 Å². The molecule has 0 unspecified atom stereocenters. The zero-order chi connectivity index (χ0) is 11.8. The van der Waals surface area contributed by atoms with Crippen molar-refractivity contribution in [2.24, 2.45) is 7.05 Å². The van der Waals surface area contributed by atoms with Gasteiger partial charge in [0.2, 0.25) is 0 Å². The number of hydrogen-bond acceptors (Lipinski definition) is 1. The maximum Gasteiger partial charge on any atom is 0.434 e. The van der Waals surface area contributed by atoms with Crippen molar-refractivity contribution >= 4 is 5.57 Å². The highest BCUT2D eigenvalue weighted by Gasteiger charge is 2.34. The second kappa shape index (κ2) is 3.56. The first-order valence-electron chi connectivity index (χ1n) is 4.47. The molecule has 16 heavy (non-hydrogen) atoms. The third-order valence-corrected chi connectivity index (χ3v) is 2.08. The van der Waals surface area contributed by atoms with Gasteiger partial charge in [0.15, 0.2) is 5.69 Å². The summed E-state index contributed by atoms with van der Waals surface area (Å²) in [6.45, 7) is 0. The highest BCUT2D eigenvalue weighted by molar-refractivity contribution is 5.72. The maximum atomic E-state index is 12.4. The molecule has 0 saturated heterocycles. The summed E-state index contributed by atoms with van der Waals surface area (Å²) in [6.07, 6.45) is 1.31. The molecule has 5 heteroatoms. The Kier molecular flexibility index (Phi) is 2.35. The molecule has 0 aliphatic heterocycles. The number of hydrogen-bond donors (Lipinski definition) is 0. The fraction of sp³-hybridized carbons (Fsp3) is 0.182. The minimum absolute atomic E-state index is 0.262. The van der Waals surface area contributed by atoms with E-state index in [0.29, 0.717) is 5.57 Å². The lowest BCUT2D eigenvalue weighted by Crippen LogP contribution is -2.05. The molecule has 0 saturated carbocycles. The number of aromatic nitrogens is 2. The van der Waals surface area contributed by atoms with Crippen LogP contribution in [0.4, 0.5) is 13.2 Å². The Hall–Kier alpha value is -1.96. The largest absolute Gasteiger partial charge is 0.434 e. The van der Waals surface area contributed by atoms with Gasteiger partial charge in [0.05, 0.1) is 0 Å². The first kappa shape index (κ1) is 10.6. The second-order valence-electron chi connectivity index (χ2n) is 3.28. The first-order valence-corrected chi connectivity index (χ1v) is 4.47. The number of aryl methyl sites for hydroxylation is 1. The number of nitrogens with zero attached hydrogens (tertiary/aromatic N) is 2. The van der Waals surface area contributed by atoms with Crippen LogP contribution in [0.2, 0.25) is 0 Å². The number of imidazole rings is 1. The quantitative estimate of drug-likeness (QED) is 0.670. The van der Waals surface area contributed by atoms with Crippen molar-refractivity contribution in [2.75, 3.05) is 0 Å². The molecule has 0 spiro atoms. The zero-order valence-electron chi connectivity index (χ0n) is 8.34. The predicted octanol–water partition coefficient (Wildman–Crippen LogP) is 2.70. The van der Waals surface area contributed by atoms with Gasteiger partial charge < -0.3 is 4.57 Å². The predicted molar refractivity (Wildman–Crippen MR) is 52.4 cm³/mol. The van der Waals surface area contributed by atoms with Crippen molar-refractivity contribution in [3.8, 4) is 0 Å². The fourth-order valence-corrected chi connectivity index (χ4v) is 1.36. The average Bonchev–Trinajstić information content (AvgIpc) is 2.61. The standard InChI is InChI=1S/C11H7F3N2/c1-16-7-9(11(12,13)14)15-10(16)8-5-3-2-4-6-8/h3,5-7H,1H3. The van der Waals surface area contributed by atoms with E-state index in [2.05, 4.69) is 16.4 Å². The second-order valence-corrected chi connectivity index (χ2v) is 3.28. The van der Waals surface area contributed by atoms with E-state index >= 15 is 0 Å². The van der Waals surface area contributed by atoms with E-state index in [-0.39, 0.29) is 5.82 Å². The van der Waals surface area contributed by atoms with Crippen molar-refractivity contribution in [1.82, 2.24) is 9.55 Å². The van der Waals surface area contributed by atoms with Crippen molar-refractivity contribution < 1.29 is 13.2 Å². The van der Waals surface area contributed by atoms with Gasteiger partial charge in [0.1, 0.15) is 5.82 Å². The molecule has 0 N–H and O–H groups in total. The summed E-state index contributed by atoms with van der Waals surface area (Å²) in [7, 11) is 1.52. The van der Waals surface area contributed by atoms with E-state index in [1.807, 2.05) is 0 Å². The molecule has 1 aromatic rings. The summed E-state index contributed by atoms with van der Waals surface area (Å²) in [4.78, 5) is 3.56. The van der Waals surface area contributed by atoms with Crippen LogP contribution in [0, 0.1) is 0 Å². The molecule has 0 amide bonds. The summed E-state index contributed by atoms with van der Waals surface area (Å²) in [5.41, 5.74) is 5.04. The third-order valence-electron chi connectivity index (χ3n) is 2.08. The SMILES string of the molecule is Cn1cc(C(F)(F)F)nc1C1=CC=C=C=C1. The van der Waals surface area contributed by atoms with Crippen molar-refractivity contribution in [3.63, 3.8) is 0 Å². The molecule has 1 aromatic heterocycles. The lowest BCUT2D eigenvalue weighted by molar-refractivity contribution is -0.141. The Labute approximate surface area is 89.7 Å². The first-order chi connectivity index (χ1) is 7.48. The fourth-order valence-electron chi connectivity index (χ4n) is 1.36. The summed E-state index contributed by atoms with van der Waals surface area (Å²) in [5.74, 6) is 0.262. The van der Waals surface area contributed by atoms with Crippen LogP contribution in [-0.4, -0.2) is 9.55 Å². The molecule has 0 aromatic carbocycles. The van der Waals surface area contributed by atoms with Crippen molar-refractivity contribution in [2.45, 2.75) is 6.18 Å². The Morgan fingerprint density at radius 1 is 1.31 bits per heavy atom. The molecule has 2 rings (SSSR count). The van der Waals surface area contributed by atoms with Gasteiger partial charge in [-0.3, -0.25) is 0 Å². The molecular weight excluding hydrogens is 217 g/mol. The van der Waals surface area contributed by atoms with Crippen LogP contribution in [-0.2, 0) is 13.2 Å². The van der Waals surface area contributed by atoms with Crippen molar-refractivity contribution in [3.05, 3.63) is 47.4 Å². The number of alkyl halides is 3. The average molecular weight is 224 g/mol. The van der Waals surface area contributed by atoms with E-state index in [1.165, 1.54) is 11.6 Å². The molecule has 2 nitrogen and oxygen atoms in total. The van der Waals surface area contributed by atoms with Gasteiger partial charge in [0.25, 0.3) is 0 Å². The summed E-state index contributed by atoms with van der Waals surface area (Å²) in [6, 6.07) is 0. The highest BCUT2D eigenvalue weighted by atomic mass is 19.4. The zero-order valence-corrected chi connectivity index (χ0v) is 8.34. The van der Waals surface area contributed by atoms with E-state index in [9.17, 15) is 13.2 Å². The minimum atomic E-state index is -4.42. The Bertz CT molecular complexity index is 548. The van der Waals surface area contributed by atoms with Gasteiger partial charge in [0, 0.05) is 18.8 Å². The topological polar surface area (TPSA) is 17.8 Å². The van der Waals surface area contributed by atoms with Gasteiger partial charge in [-0.15, -0.1) is 0 Å². The molecule has 0 atom stereocenters. The van der Waals surface area contributed by atoms with Gasteiger partial charge in [-0.1, -0.05) is 11.5 Å². The molecule has 0 fully saturated rings. The molecule has 0 radical (unpaired) electrons. The van der Waals surface area contributed by atoms with Crippen LogP contribution < -0.4 is 0 Å². The lowest BCUT2D eigenvalue weighted by atomic mass is 10.2. The number of allylic oxidation sites excluding steroid dienone is 4. The van der Waals surface area contributed by atoms with E-state index < -0.39 is 11.9 Å². The monoisotopic (exact) mass is 224 g/mol. The number of halogens is 3. The normalized spacial score (nSPS) is 14.4. The number of rotatable bonds is 1. The van der Waals surface area contributed by atoms with Crippen LogP contribution in [0.15, 0.2) is 35.9 Å². The van der Waals surface area contributed by atoms with Crippen molar-refractivity contribution in [1.29, 1.82) is 0 Å². The van der Waals surface area contributed by atoms with Crippen LogP contribution in [0.1, 0.15) is 11.5 Å². The molecule has 82 valence electrons. The van der Waals surface area contributed by atoms with Gasteiger partial charge in [-0.2, -0.15) is 13.2 Å². The summed E-state index contributed by atoms with van der Waals surface area (Å²) >= 11 is 0. The van der Waals surface area contributed by atoms with Gasteiger partial charge >= 0.3 is 6.18 Å². The van der Waals surface area contributed by atoms with Gasteiger partial charge in [-0.05, 0) is 18.2 Å². The highest BCUT2D eigenvalue weighted by Crippen LogP contribution is 2.29. The van der Waals surface area contributed by atoms with Gasteiger partial charge in [-0.25, -0.2) is 4.98 Å². The summed E-state index contributed by atoms with van der Waals surface area (Å²) in [5, 5.41) is 0. The van der Waals surface area contributed by atoms with E-state index in [4.69, 9.17) is 0 Å². The Morgan fingerprint density at radius 3 is 2.56 bits per heavy atom. The molecule has 1 heterocycles. The minimum Gasteiger partial charge on any atom is -0.333 e. The van der Waals surface area contributed by atoms with E-state index in [1.54, 1.807) is 18.2 Å². The molecular formula is C11H7F3N2.